The van der Waals surface area contributed by atoms with Crippen molar-refractivity contribution in [1.82, 2.24) is 14.7 Å². The molecule has 1 heterocycles. The summed E-state index contributed by atoms with van der Waals surface area (Å²) in [6, 6.07) is 0.497. The molecule has 106 valence electrons. The van der Waals surface area contributed by atoms with E-state index in [4.69, 9.17) is 0 Å². The smallest absolute Gasteiger partial charge is 0.236 e. The van der Waals surface area contributed by atoms with Crippen LogP contribution in [0.25, 0.3) is 0 Å². The highest BCUT2D eigenvalue weighted by Crippen LogP contribution is 2.18. The average molecular weight is 257 g/mol. The molecule has 1 saturated heterocycles. The van der Waals surface area contributed by atoms with Gasteiger partial charge in [0.05, 0.1) is 12.6 Å². The lowest BCUT2D eigenvalue weighted by atomic mass is 10.2. The number of rotatable bonds is 5. The van der Waals surface area contributed by atoms with Crippen LogP contribution in [-0.2, 0) is 4.79 Å². The predicted octanol–water partition coefficient (Wildman–Crippen LogP) is -0.150. The van der Waals surface area contributed by atoms with E-state index < -0.39 is 0 Å². The van der Waals surface area contributed by atoms with Gasteiger partial charge in [-0.15, -0.1) is 0 Å². The summed E-state index contributed by atoms with van der Waals surface area (Å²) in [6.07, 6.45) is 0.462. The Kier molecular flexibility index (Phi) is 5.56. The van der Waals surface area contributed by atoms with Crippen LogP contribution in [0.1, 0.15) is 20.3 Å². The van der Waals surface area contributed by atoms with E-state index in [1.54, 1.807) is 4.90 Å². The lowest BCUT2D eigenvalue weighted by Crippen LogP contribution is -2.45. The van der Waals surface area contributed by atoms with Gasteiger partial charge < -0.3 is 14.9 Å². The molecule has 0 bridgehead atoms. The Hall–Kier alpha value is -0.650. The number of likely N-dealkylation sites (tertiary alicyclic amines) is 1. The van der Waals surface area contributed by atoms with E-state index in [0.29, 0.717) is 13.1 Å². The van der Waals surface area contributed by atoms with Gasteiger partial charge in [-0.1, -0.05) is 0 Å². The van der Waals surface area contributed by atoms with Crippen molar-refractivity contribution in [2.45, 2.75) is 38.5 Å². The molecule has 0 saturated carbocycles. The summed E-state index contributed by atoms with van der Waals surface area (Å²) in [5.74, 6) is 0.128. The topological polar surface area (TPSA) is 47.0 Å². The molecule has 2 unspecified atom stereocenters. The fourth-order valence-electron chi connectivity index (χ4n) is 2.34. The van der Waals surface area contributed by atoms with E-state index in [-0.39, 0.29) is 24.1 Å². The summed E-state index contributed by atoms with van der Waals surface area (Å²) in [7, 11) is 5.87. The number of likely N-dealkylation sites (N-methyl/N-ethyl adjacent to an activating group) is 2. The van der Waals surface area contributed by atoms with Gasteiger partial charge in [0.1, 0.15) is 0 Å². The Labute approximate surface area is 110 Å². The lowest BCUT2D eigenvalue weighted by Gasteiger charge is -2.29. The summed E-state index contributed by atoms with van der Waals surface area (Å²) in [5, 5.41) is 9.76. The van der Waals surface area contributed by atoms with Crippen LogP contribution in [0.2, 0.25) is 0 Å². The third kappa shape index (κ3) is 4.23. The minimum absolute atomic E-state index is 0.128. The zero-order chi connectivity index (χ0) is 13.9. The van der Waals surface area contributed by atoms with Gasteiger partial charge in [0.15, 0.2) is 0 Å². The van der Waals surface area contributed by atoms with Gasteiger partial charge in [-0.25, -0.2) is 0 Å². The van der Waals surface area contributed by atoms with Crippen LogP contribution in [0, 0.1) is 0 Å². The summed E-state index contributed by atoms with van der Waals surface area (Å²) in [4.78, 5) is 18.0. The number of hydrogen-bond acceptors (Lipinski definition) is 4. The number of hydrogen-bond donors (Lipinski definition) is 1. The molecule has 0 aliphatic carbocycles. The third-order valence-corrected chi connectivity index (χ3v) is 3.59. The molecule has 1 rings (SSSR count). The zero-order valence-corrected chi connectivity index (χ0v) is 12.3. The number of carbonyl (C=O) groups is 1. The molecule has 0 radical (unpaired) electrons. The zero-order valence-electron chi connectivity index (χ0n) is 12.3. The summed E-state index contributed by atoms with van der Waals surface area (Å²) in [5.41, 5.74) is 0. The Balaban J connectivity index is 2.55. The number of aliphatic hydroxyl groups excluding tert-OH is 1. The first kappa shape index (κ1) is 15.4. The second-order valence-electron chi connectivity index (χ2n) is 5.83. The normalized spacial score (nSPS) is 25.1. The van der Waals surface area contributed by atoms with Gasteiger partial charge in [-0.2, -0.15) is 0 Å². The first-order valence-corrected chi connectivity index (χ1v) is 6.63. The Morgan fingerprint density at radius 1 is 1.39 bits per heavy atom. The molecule has 2 atom stereocenters. The molecule has 1 aliphatic rings. The molecule has 5 heteroatoms. The fourth-order valence-corrected chi connectivity index (χ4v) is 2.34. The molecule has 1 amide bonds. The minimum atomic E-state index is -0.299. The van der Waals surface area contributed by atoms with E-state index in [0.717, 1.165) is 13.0 Å². The maximum Gasteiger partial charge on any atom is 0.236 e. The van der Waals surface area contributed by atoms with E-state index in [1.807, 2.05) is 35.0 Å². The van der Waals surface area contributed by atoms with Crippen molar-refractivity contribution < 1.29 is 9.90 Å². The summed E-state index contributed by atoms with van der Waals surface area (Å²) < 4.78 is 0. The van der Waals surface area contributed by atoms with Crippen LogP contribution >= 0.6 is 0 Å². The van der Waals surface area contributed by atoms with Crippen molar-refractivity contribution in [1.29, 1.82) is 0 Å². The van der Waals surface area contributed by atoms with Crippen LogP contribution in [0.3, 0.4) is 0 Å². The van der Waals surface area contributed by atoms with Crippen molar-refractivity contribution in [3.05, 3.63) is 0 Å². The Morgan fingerprint density at radius 2 is 2.00 bits per heavy atom. The fraction of sp³-hybridized carbons (Fsp3) is 0.923. The molecule has 1 fully saturated rings. The number of β-amino-alcohol motifs (C(OH)–C–C–N with tert-alkyl or cyclic N) is 1. The summed E-state index contributed by atoms with van der Waals surface area (Å²) >= 11 is 0. The molecule has 0 aromatic carbocycles. The van der Waals surface area contributed by atoms with Crippen LogP contribution in [0.15, 0.2) is 0 Å². The second kappa shape index (κ2) is 6.50. The molecular weight excluding hydrogens is 230 g/mol. The largest absolute Gasteiger partial charge is 0.392 e. The predicted molar refractivity (Wildman–Crippen MR) is 72.4 cm³/mol. The maximum absolute atomic E-state index is 12.1. The number of carbonyl (C=O) groups excluding carboxylic acids is 1. The number of amides is 1. The second-order valence-corrected chi connectivity index (χ2v) is 5.83. The van der Waals surface area contributed by atoms with Gasteiger partial charge >= 0.3 is 0 Å². The Morgan fingerprint density at radius 3 is 2.50 bits per heavy atom. The molecule has 18 heavy (non-hydrogen) atoms. The monoisotopic (exact) mass is 257 g/mol. The molecular formula is C13H27N3O2. The van der Waals surface area contributed by atoms with E-state index >= 15 is 0 Å². The molecule has 0 aromatic heterocycles. The van der Waals surface area contributed by atoms with Gasteiger partial charge in [0, 0.05) is 32.2 Å². The highest BCUT2D eigenvalue weighted by atomic mass is 16.3. The van der Waals surface area contributed by atoms with Crippen LogP contribution in [0.5, 0.6) is 0 Å². The quantitative estimate of drug-likeness (QED) is 0.744. The first-order valence-electron chi connectivity index (χ1n) is 6.63. The highest BCUT2D eigenvalue weighted by molar-refractivity contribution is 5.78. The SMILES string of the molecule is CC(C)N(C)C(=O)CN1CC(O)CC1CN(C)C. The number of aliphatic hydroxyl groups is 1. The van der Waals surface area contributed by atoms with Crippen LogP contribution in [-0.4, -0.2) is 84.7 Å². The van der Waals surface area contributed by atoms with Crippen molar-refractivity contribution in [2.24, 2.45) is 0 Å². The van der Waals surface area contributed by atoms with E-state index in [2.05, 4.69) is 9.80 Å². The van der Waals surface area contributed by atoms with Gasteiger partial charge in [-0.3, -0.25) is 9.69 Å². The van der Waals surface area contributed by atoms with E-state index in [9.17, 15) is 9.90 Å². The average Bonchev–Trinajstić information content (AvgIpc) is 2.56. The van der Waals surface area contributed by atoms with Gasteiger partial charge in [-0.05, 0) is 34.4 Å². The van der Waals surface area contributed by atoms with Gasteiger partial charge in [0.2, 0.25) is 5.91 Å². The van der Waals surface area contributed by atoms with Crippen molar-refractivity contribution >= 4 is 5.91 Å². The molecule has 1 N–H and O–H groups in total. The highest BCUT2D eigenvalue weighted by Gasteiger charge is 2.32. The standard InChI is InChI=1S/C13H27N3O2/c1-10(2)15(5)13(18)9-16-8-12(17)6-11(16)7-14(3)4/h10-12,17H,6-9H2,1-5H3. The summed E-state index contributed by atoms with van der Waals surface area (Å²) in [6.45, 7) is 5.91. The molecule has 0 spiro atoms. The first-order chi connectivity index (χ1) is 8.31. The van der Waals surface area contributed by atoms with Crippen molar-refractivity contribution in [3.63, 3.8) is 0 Å². The van der Waals surface area contributed by atoms with Gasteiger partial charge in [0.25, 0.3) is 0 Å². The third-order valence-electron chi connectivity index (χ3n) is 3.59. The van der Waals surface area contributed by atoms with E-state index in [1.165, 1.54) is 0 Å². The minimum Gasteiger partial charge on any atom is -0.392 e. The molecule has 0 aromatic rings. The molecule has 5 nitrogen and oxygen atoms in total. The Bertz CT molecular complexity index is 281. The lowest BCUT2D eigenvalue weighted by molar-refractivity contribution is -0.132. The van der Waals surface area contributed by atoms with Crippen LogP contribution in [0.4, 0.5) is 0 Å². The maximum atomic E-state index is 12.1. The number of nitrogens with zero attached hydrogens (tertiary/aromatic N) is 3. The van der Waals surface area contributed by atoms with Crippen molar-refractivity contribution in [2.75, 3.05) is 40.8 Å². The van der Waals surface area contributed by atoms with Crippen LogP contribution < -0.4 is 0 Å². The molecule has 1 aliphatic heterocycles. The van der Waals surface area contributed by atoms with Crippen molar-refractivity contribution in [3.8, 4) is 0 Å².